The van der Waals surface area contributed by atoms with Gasteiger partial charge in [-0.1, -0.05) is 19.9 Å². The van der Waals surface area contributed by atoms with Crippen LogP contribution < -0.4 is 4.72 Å². The van der Waals surface area contributed by atoms with Crippen LogP contribution in [0.4, 0.5) is 5.69 Å². The number of phenols is 1. The Labute approximate surface area is 163 Å². The van der Waals surface area contributed by atoms with Crippen molar-refractivity contribution in [2.45, 2.75) is 36.8 Å². The SMILES string of the molecule is CC.CSc1c(NS(=O)(=O)c2cccs2)cc(C)c(O)c1/C=C/C(C)=O. The molecule has 0 aliphatic carbocycles. The van der Waals surface area contributed by atoms with Crippen LogP contribution in [0.25, 0.3) is 6.08 Å². The van der Waals surface area contributed by atoms with Crippen LogP contribution in [0, 0.1) is 6.92 Å². The number of rotatable bonds is 6. The van der Waals surface area contributed by atoms with E-state index in [2.05, 4.69) is 4.72 Å². The normalized spacial score (nSPS) is 11.1. The lowest BCUT2D eigenvalue weighted by atomic mass is 10.1. The average Bonchev–Trinajstić information content (AvgIpc) is 3.13. The largest absolute Gasteiger partial charge is 0.507 e. The number of thiophene rings is 1. The first-order valence-electron chi connectivity index (χ1n) is 7.91. The van der Waals surface area contributed by atoms with Gasteiger partial charge in [-0.25, -0.2) is 8.42 Å². The van der Waals surface area contributed by atoms with Gasteiger partial charge in [0, 0.05) is 10.5 Å². The fourth-order valence-electron chi connectivity index (χ4n) is 2.08. The molecule has 0 amide bonds. The molecule has 0 aliphatic heterocycles. The molecule has 1 aromatic carbocycles. The molecule has 0 saturated carbocycles. The average molecular weight is 414 g/mol. The number of allylic oxidation sites excluding steroid dienone is 1. The zero-order chi connectivity index (χ0) is 19.9. The minimum absolute atomic E-state index is 0.0240. The van der Waals surface area contributed by atoms with E-state index in [-0.39, 0.29) is 15.7 Å². The zero-order valence-corrected chi connectivity index (χ0v) is 17.8. The van der Waals surface area contributed by atoms with Crippen molar-refractivity contribution in [1.29, 1.82) is 0 Å². The van der Waals surface area contributed by atoms with Gasteiger partial charge in [0.05, 0.1) is 5.69 Å². The topological polar surface area (TPSA) is 83.5 Å². The minimum Gasteiger partial charge on any atom is -0.507 e. The van der Waals surface area contributed by atoms with Gasteiger partial charge in [0.25, 0.3) is 10.0 Å². The van der Waals surface area contributed by atoms with E-state index in [4.69, 9.17) is 0 Å². The molecular weight excluding hydrogens is 390 g/mol. The number of anilines is 1. The first kappa shape index (κ1) is 22.3. The van der Waals surface area contributed by atoms with E-state index in [1.807, 2.05) is 13.8 Å². The van der Waals surface area contributed by atoms with Crippen molar-refractivity contribution in [3.05, 3.63) is 40.8 Å². The number of phenolic OH excluding ortho intramolecular Hbond substituents is 1. The van der Waals surface area contributed by atoms with Crippen molar-refractivity contribution < 1.29 is 18.3 Å². The molecule has 8 heteroatoms. The van der Waals surface area contributed by atoms with Crippen LogP contribution in [0.2, 0.25) is 0 Å². The van der Waals surface area contributed by atoms with Crippen LogP contribution in [0.5, 0.6) is 5.75 Å². The molecular formula is C18H23NO4S3. The van der Waals surface area contributed by atoms with Crippen molar-refractivity contribution in [3.8, 4) is 5.75 Å². The standard InChI is InChI=1S/C16H17NO4S3.C2H6/c1-10-9-13(17-24(20,21)14-5-4-8-23-14)16(22-3)12(15(10)19)7-6-11(2)18;1-2/h4-9,17,19H,1-3H3;1-2H3/b7-6+;. The first-order valence-corrected chi connectivity index (χ1v) is 11.5. The maximum Gasteiger partial charge on any atom is 0.271 e. The number of carbonyl (C=O) groups excluding carboxylic acids is 1. The van der Waals surface area contributed by atoms with E-state index in [1.54, 1.807) is 30.7 Å². The van der Waals surface area contributed by atoms with E-state index >= 15 is 0 Å². The van der Waals surface area contributed by atoms with E-state index in [0.717, 1.165) is 11.3 Å². The van der Waals surface area contributed by atoms with Gasteiger partial charge < -0.3 is 5.11 Å². The van der Waals surface area contributed by atoms with Gasteiger partial charge in [0.2, 0.25) is 0 Å². The smallest absolute Gasteiger partial charge is 0.271 e. The molecule has 0 aliphatic rings. The number of aromatic hydroxyl groups is 1. The number of sulfonamides is 1. The molecule has 0 saturated heterocycles. The maximum atomic E-state index is 12.5. The van der Waals surface area contributed by atoms with E-state index < -0.39 is 10.0 Å². The van der Waals surface area contributed by atoms with Crippen molar-refractivity contribution in [3.63, 3.8) is 0 Å². The Bertz CT molecular complexity index is 886. The Morgan fingerprint density at radius 2 is 2.00 bits per heavy atom. The molecule has 2 aromatic rings. The van der Waals surface area contributed by atoms with Crippen LogP contribution in [-0.2, 0) is 14.8 Å². The third kappa shape index (κ3) is 5.36. The number of hydrogen-bond acceptors (Lipinski definition) is 6. The fraction of sp³-hybridized carbons (Fsp3) is 0.278. The molecule has 5 nitrogen and oxygen atoms in total. The van der Waals surface area contributed by atoms with Crippen molar-refractivity contribution in [1.82, 2.24) is 0 Å². The summed E-state index contributed by atoms with van der Waals surface area (Å²) >= 11 is 2.41. The van der Waals surface area contributed by atoms with E-state index in [0.29, 0.717) is 21.7 Å². The van der Waals surface area contributed by atoms with Crippen LogP contribution in [-0.4, -0.2) is 25.6 Å². The summed E-state index contributed by atoms with van der Waals surface area (Å²) in [5.74, 6) is -0.139. The summed E-state index contributed by atoms with van der Waals surface area (Å²) < 4.78 is 27.7. The predicted octanol–water partition coefficient (Wildman–Crippen LogP) is 4.91. The van der Waals surface area contributed by atoms with Crippen LogP contribution >= 0.6 is 23.1 Å². The molecule has 0 spiro atoms. The Morgan fingerprint density at radius 3 is 2.50 bits per heavy atom. The van der Waals surface area contributed by atoms with Gasteiger partial charge in [0.1, 0.15) is 9.96 Å². The first-order chi connectivity index (χ1) is 12.3. The minimum atomic E-state index is -3.70. The van der Waals surface area contributed by atoms with Gasteiger partial charge in [-0.05, 0) is 55.3 Å². The van der Waals surface area contributed by atoms with Gasteiger partial charge >= 0.3 is 0 Å². The Balaban J connectivity index is 0.00000163. The van der Waals surface area contributed by atoms with Gasteiger partial charge in [-0.15, -0.1) is 23.1 Å². The third-order valence-electron chi connectivity index (χ3n) is 3.17. The summed E-state index contributed by atoms with van der Waals surface area (Å²) in [5, 5.41) is 12.0. The van der Waals surface area contributed by atoms with Crippen molar-refractivity contribution >= 4 is 50.7 Å². The van der Waals surface area contributed by atoms with Gasteiger partial charge in [0.15, 0.2) is 5.78 Å². The second kappa shape index (κ2) is 9.80. The van der Waals surface area contributed by atoms with Gasteiger partial charge in [-0.3, -0.25) is 9.52 Å². The van der Waals surface area contributed by atoms with Gasteiger partial charge in [-0.2, -0.15) is 0 Å². The molecule has 0 atom stereocenters. The highest BCUT2D eigenvalue weighted by Gasteiger charge is 2.20. The molecule has 26 heavy (non-hydrogen) atoms. The number of aryl methyl sites for hydroxylation is 1. The molecule has 142 valence electrons. The zero-order valence-electron chi connectivity index (χ0n) is 15.4. The molecule has 0 bridgehead atoms. The molecule has 0 fully saturated rings. The molecule has 2 rings (SSSR count). The highest BCUT2D eigenvalue weighted by molar-refractivity contribution is 7.99. The predicted molar refractivity (Wildman–Crippen MR) is 111 cm³/mol. The summed E-state index contributed by atoms with van der Waals surface area (Å²) in [7, 11) is -3.70. The quantitative estimate of drug-likeness (QED) is 0.399. The van der Waals surface area contributed by atoms with Crippen molar-refractivity contribution in [2.75, 3.05) is 11.0 Å². The number of nitrogens with one attached hydrogen (secondary N) is 1. The lowest BCUT2D eigenvalue weighted by Crippen LogP contribution is -2.12. The number of thioether (sulfide) groups is 1. The van der Waals surface area contributed by atoms with E-state index in [9.17, 15) is 18.3 Å². The third-order valence-corrected chi connectivity index (χ3v) is 6.78. The molecule has 1 aromatic heterocycles. The van der Waals surface area contributed by atoms with Crippen LogP contribution in [0.3, 0.4) is 0 Å². The summed E-state index contributed by atoms with van der Waals surface area (Å²) in [6, 6.07) is 4.77. The highest BCUT2D eigenvalue weighted by atomic mass is 32.2. The molecule has 0 radical (unpaired) electrons. The lowest BCUT2D eigenvalue weighted by Gasteiger charge is -2.16. The molecule has 0 unspecified atom stereocenters. The second-order valence-electron chi connectivity index (χ2n) is 5.02. The van der Waals surface area contributed by atoms with E-state index in [1.165, 1.54) is 36.9 Å². The van der Waals surface area contributed by atoms with Crippen LogP contribution in [0.1, 0.15) is 31.9 Å². The fourth-order valence-corrected chi connectivity index (χ4v) is 4.91. The molecule has 2 N–H and O–H groups in total. The number of ketones is 1. The summed E-state index contributed by atoms with van der Waals surface area (Å²) in [6.45, 7) is 7.08. The van der Waals surface area contributed by atoms with Crippen molar-refractivity contribution in [2.24, 2.45) is 0 Å². The highest BCUT2D eigenvalue weighted by Crippen LogP contribution is 2.39. The Kier molecular flexibility index (Phi) is 8.39. The van der Waals surface area contributed by atoms with Crippen LogP contribution in [0.15, 0.2) is 38.8 Å². The number of carbonyl (C=O) groups is 1. The number of benzene rings is 1. The Hall–Kier alpha value is -1.77. The molecule has 1 heterocycles. The second-order valence-corrected chi connectivity index (χ2v) is 8.69. The summed E-state index contributed by atoms with van der Waals surface area (Å²) in [6.07, 6.45) is 4.61. The lowest BCUT2D eigenvalue weighted by molar-refractivity contribution is -0.112. The monoisotopic (exact) mass is 413 g/mol. The summed E-state index contributed by atoms with van der Waals surface area (Å²) in [5.41, 5.74) is 1.30. The summed E-state index contributed by atoms with van der Waals surface area (Å²) in [4.78, 5) is 11.7. The maximum absolute atomic E-state index is 12.5. The number of hydrogen-bond donors (Lipinski definition) is 2. The Morgan fingerprint density at radius 1 is 1.35 bits per heavy atom.